The highest BCUT2D eigenvalue weighted by Gasteiger charge is 2.21. The second-order valence-corrected chi connectivity index (χ2v) is 5.08. The molecule has 4 nitrogen and oxygen atoms in total. The van der Waals surface area contributed by atoms with Gasteiger partial charge in [0, 0.05) is 5.69 Å². The largest absolute Gasteiger partial charge is 0.457 e. The van der Waals surface area contributed by atoms with E-state index in [1.54, 1.807) is 0 Å². The number of hydrogen-bond donors (Lipinski definition) is 2. The Hall–Kier alpha value is -2.33. The molecule has 108 valence electrons. The number of rotatable bonds is 4. The quantitative estimate of drug-likeness (QED) is 0.905. The summed E-state index contributed by atoms with van der Waals surface area (Å²) < 4.78 is 5.71. The van der Waals surface area contributed by atoms with Gasteiger partial charge in [0.15, 0.2) is 0 Å². The van der Waals surface area contributed by atoms with Crippen LogP contribution in [-0.2, 0) is 4.79 Å². The Morgan fingerprint density at radius 1 is 1.05 bits per heavy atom. The van der Waals surface area contributed by atoms with Gasteiger partial charge >= 0.3 is 0 Å². The van der Waals surface area contributed by atoms with Crippen LogP contribution in [0, 0.1) is 0 Å². The molecule has 0 aromatic heterocycles. The maximum Gasteiger partial charge on any atom is 0.241 e. The van der Waals surface area contributed by atoms with Gasteiger partial charge in [0.05, 0.1) is 6.04 Å². The number of amides is 1. The zero-order valence-corrected chi connectivity index (χ0v) is 11.7. The Balaban J connectivity index is 1.60. The van der Waals surface area contributed by atoms with E-state index in [0.717, 1.165) is 36.6 Å². The van der Waals surface area contributed by atoms with E-state index in [2.05, 4.69) is 10.6 Å². The first-order chi connectivity index (χ1) is 10.3. The summed E-state index contributed by atoms with van der Waals surface area (Å²) in [7, 11) is 0. The van der Waals surface area contributed by atoms with Crippen molar-refractivity contribution in [2.45, 2.75) is 18.9 Å². The predicted molar refractivity (Wildman–Crippen MR) is 82.6 cm³/mol. The molecule has 1 atom stereocenters. The van der Waals surface area contributed by atoms with Gasteiger partial charge in [-0.3, -0.25) is 4.79 Å². The third-order valence-corrected chi connectivity index (χ3v) is 3.48. The fourth-order valence-corrected chi connectivity index (χ4v) is 2.37. The first-order valence-corrected chi connectivity index (χ1v) is 7.18. The minimum absolute atomic E-state index is 0.0317. The molecule has 0 saturated carbocycles. The van der Waals surface area contributed by atoms with Crippen molar-refractivity contribution in [1.29, 1.82) is 0 Å². The lowest BCUT2D eigenvalue weighted by atomic mass is 10.2. The van der Waals surface area contributed by atoms with Gasteiger partial charge in [0.25, 0.3) is 0 Å². The van der Waals surface area contributed by atoms with Crippen LogP contribution in [0.25, 0.3) is 0 Å². The van der Waals surface area contributed by atoms with Crippen molar-refractivity contribution in [3.05, 3.63) is 54.6 Å². The number of ether oxygens (including phenoxy) is 1. The molecule has 4 heteroatoms. The highest BCUT2D eigenvalue weighted by Crippen LogP contribution is 2.22. The molecule has 0 unspecified atom stereocenters. The van der Waals surface area contributed by atoms with Crippen LogP contribution in [0.15, 0.2) is 54.6 Å². The normalized spacial score (nSPS) is 17.4. The summed E-state index contributed by atoms with van der Waals surface area (Å²) in [6.45, 7) is 0.919. The summed E-state index contributed by atoms with van der Waals surface area (Å²) in [5.41, 5.74) is 0.786. The molecule has 1 amide bonds. The third kappa shape index (κ3) is 3.61. The summed E-state index contributed by atoms with van der Waals surface area (Å²) in [6.07, 6.45) is 1.96. The number of benzene rings is 2. The summed E-state index contributed by atoms with van der Waals surface area (Å²) in [4.78, 5) is 12.0. The number of carbonyl (C=O) groups is 1. The fraction of sp³-hybridized carbons (Fsp3) is 0.235. The van der Waals surface area contributed by atoms with E-state index >= 15 is 0 Å². The topological polar surface area (TPSA) is 50.4 Å². The molecule has 0 aliphatic carbocycles. The van der Waals surface area contributed by atoms with Crippen LogP contribution in [0.3, 0.4) is 0 Å². The fourth-order valence-electron chi connectivity index (χ4n) is 2.37. The Morgan fingerprint density at radius 3 is 2.43 bits per heavy atom. The predicted octanol–water partition coefficient (Wildman–Crippen LogP) is 3.17. The summed E-state index contributed by atoms with van der Waals surface area (Å²) in [5, 5.41) is 6.10. The molecule has 1 saturated heterocycles. The van der Waals surface area contributed by atoms with Crippen molar-refractivity contribution in [2.24, 2.45) is 0 Å². The van der Waals surface area contributed by atoms with Gasteiger partial charge in [0.1, 0.15) is 11.5 Å². The van der Waals surface area contributed by atoms with Crippen LogP contribution < -0.4 is 15.4 Å². The van der Waals surface area contributed by atoms with Gasteiger partial charge in [-0.15, -0.1) is 0 Å². The number of hydrogen-bond acceptors (Lipinski definition) is 3. The molecule has 0 spiro atoms. The lowest BCUT2D eigenvalue weighted by Crippen LogP contribution is -2.35. The molecule has 1 aliphatic rings. The third-order valence-electron chi connectivity index (χ3n) is 3.48. The van der Waals surface area contributed by atoms with Gasteiger partial charge in [0.2, 0.25) is 5.91 Å². The molecule has 0 bridgehead atoms. The SMILES string of the molecule is O=C(Nc1ccc(Oc2ccccc2)cc1)[C@@H]1CCCN1. The molecular formula is C17H18N2O2. The van der Waals surface area contributed by atoms with Crippen molar-refractivity contribution in [3.8, 4) is 11.5 Å². The Bertz CT molecular complexity index is 590. The Morgan fingerprint density at radius 2 is 1.76 bits per heavy atom. The van der Waals surface area contributed by atoms with Gasteiger partial charge in [-0.1, -0.05) is 18.2 Å². The molecular weight excluding hydrogens is 264 g/mol. The van der Waals surface area contributed by atoms with Crippen molar-refractivity contribution in [2.75, 3.05) is 11.9 Å². The number of nitrogens with one attached hydrogen (secondary N) is 2. The van der Waals surface area contributed by atoms with Gasteiger partial charge in [-0.05, 0) is 55.8 Å². The first kappa shape index (κ1) is 13.6. The van der Waals surface area contributed by atoms with Crippen LogP contribution in [0.1, 0.15) is 12.8 Å². The highest BCUT2D eigenvalue weighted by molar-refractivity contribution is 5.95. The van der Waals surface area contributed by atoms with Crippen molar-refractivity contribution in [1.82, 2.24) is 5.32 Å². The average molecular weight is 282 g/mol. The molecule has 2 aromatic carbocycles. The molecule has 1 heterocycles. The second-order valence-electron chi connectivity index (χ2n) is 5.08. The zero-order valence-electron chi connectivity index (χ0n) is 11.7. The minimum Gasteiger partial charge on any atom is -0.457 e. The van der Waals surface area contributed by atoms with Crippen molar-refractivity contribution in [3.63, 3.8) is 0 Å². The standard InChI is InChI=1S/C17H18N2O2/c20-17(16-7-4-12-18-16)19-13-8-10-15(11-9-13)21-14-5-2-1-3-6-14/h1-3,5-6,8-11,16,18H,4,7,12H2,(H,19,20)/t16-/m0/s1. The van der Waals surface area contributed by atoms with E-state index in [9.17, 15) is 4.79 Å². The van der Waals surface area contributed by atoms with Crippen LogP contribution in [0.4, 0.5) is 5.69 Å². The van der Waals surface area contributed by atoms with Crippen LogP contribution in [0.2, 0.25) is 0 Å². The summed E-state index contributed by atoms with van der Waals surface area (Å²) in [6, 6.07) is 17.0. The molecule has 3 rings (SSSR count). The molecule has 2 N–H and O–H groups in total. The maximum absolute atomic E-state index is 12.0. The van der Waals surface area contributed by atoms with Crippen LogP contribution in [0.5, 0.6) is 11.5 Å². The van der Waals surface area contributed by atoms with Gasteiger partial charge in [-0.25, -0.2) is 0 Å². The maximum atomic E-state index is 12.0. The monoisotopic (exact) mass is 282 g/mol. The molecule has 2 aromatic rings. The smallest absolute Gasteiger partial charge is 0.241 e. The van der Waals surface area contributed by atoms with E-state index in [0.29, 0.717) is 0 Å². The lowest BCUT2D eigenvalue weighted by Gasteiger charge is -2.11. The van der Waals surface area contributed by atoms with E-state index in [1.165, 1.54) is 0 Å². The minimum atomic E-state index is -0.0646. The summed E-state index contributed by atoms with van der Waals surface area (Å²) >= 11 is 0. The molecule has 1 aliphatic heterocycles. The number of anilines is 1. The van der Waals surface area contributed by atoms with Gasteiger partial charge < -0.3 is 15.4 Å². The number of carbonyl (C=O) groups excluding carboxylic acids is 1. The molecule has 1 fully saturated rings. The van der Waals surface area contributed by atoms with Crippen LogP contribution >= 0.6 is 0 Å². The van der Waals surface area contributed by atoms with E-state index < -0.39 is 0 Å². The zero-order chi connectivity index (χ0) is 14.5. The van der Waals surface area contributed by atoms with Gasteiger partial charge in [-0.2, -0.15) is 0 Å². The van der Waals surface area contributed by atoms with E-state index in [-0.39, 0.29) is 11.9 Å². The van der Waals surface area contributed by atoms with Crippen LogP contribution in [-0.4, -0.2) is 18.5 Å². The first-order valence-electron chi connectivity index (χ1n) is 7.18. The van der Waals surface area contributed by atoms with E-state index in [1.807, 2.05) is 54.6 Å². The summed E-state index contributed by atoms with van der Waals surface area (Å²) in [5.74, 6) is 1.58. The Kier molecular flexibility index (Phi) is 4.17. The number of para-hydroxylation sites is 1. The molecule has 0 radical (unpaired) electrons. The van der Waals surface area contributed by atoms with Crippen molar-refractivity contribution < 1.29 is 9.53 Å². The average Bonchev–Trinajstić information content (AvgIpc) is 3.05. The van der Waals surface area contributed by atoms with E-state index in [4.69, 9.17) is 4.74 Å². The van der Waals surface area contributed by atoms with Crippen molar-refractivity contribution >= 4 is 11.6 Å². The lowest BCUT2D eigenvalue weighted by molar-refractivity contribution is -0.117. The Labute approximate surface area is 124 Å². The molecule has 21 heavy (non-hydrogen) atoms. The highest BCUT2D eigenvalue weighted by atomic mass is 16.5. The second kappa shape index (κ2) is 6.41.